The van der Waals surface area contributed by atoms with Crippen LogP contribution in [0.25, 0.3) is 0 Å². The van der Waals surface area contributed by atoms with E-state index in [0.717, 1.165) is 56.3 Å². The van der Waals surface area contributed by atoms with Crippen LogP contribution < -0.4 is 5.32 Å². The first-order valence-electron chi connectivity index (χ1n) is 11.6. The first-order valence-corrected chi connectivity index (χ1v) is 11.6. The summed E-state index contributed by atoms with van der Waals surface area (Å²) >= 11 is 0. The van der Waals surface area contributed by atoms with E-state index in [2.05, 4.69) is 25.4 Å². The number of carbonyl (C=O) groups is 2. The van der Waals surface area contributed by atoms with Crippen LogP contribution in [0.1, 0.15) is 58.8 Å². The molecule has 0 aromatic heterocycles. The number of hydrogen-bond acceptors (Lipinski definition) is 5. The number of ether oxygens (including phenoxy) is 2. The molecule has 0 spiro atoms. The summed E-state index contributed by atoms with van der Waals surface area (Å²) < 4.78 is 10.3. The molecule has 166 valence electrons. The molecule has 4 aliphatic rings. The normalized spacial score (nSPS) is 34.8. The Labute approximate surface area is 179 Å². The lowest BCUT2D eigenvalue weighted by atomic mass is 9.90. The van der Waals surface area contributed by atoms with Crippen LogP contribution in [-0.2, 0) is 14.3 Å². The number of rotatable bonds is 4. The Morgan fingerprint density at radius 1 is 1.30 bits per heavy atom. The molecule has 1 N–H and O–H groups in total. The molecule has 0 bridgehead atoms. The van der Waals surface area contributed by atoms with Gasteiger partial charge < -0.3 is 19.7 Å². The zero-order valence-corrected chi connectivity index (χ0v) is 18.4. The van der Waals surface area contributed by atoms with Crippen molar-refractivity contribution >= 4 is 18.2 Å². The topological polar surface area (TPSA) is 80.2 Å². The number of carbonyl (C=O) groups excluding carboxylic acids is 2. The molecule has 2 amide bonds. The Balaban J connectivity index is 1.63. The highest BCUT2D eigenvalue weighted by molar-refractivity contribution is 5.88. The van der Waals surface area contributed by atoms with Crippen molar-refractivity contribution in [3.63, 3.8) is 0 Å². The maximum absolute atomic E-state index is 13.8. The minimum absolute atomic E-state index is 0.00140. The first kappa shape index (κ1) is 21.3. The van der Waals surface area contributed by atoms with E-state index in [4.69, 9.17) is 14.5 Å². The van der Waals surface area contributed by atoms with Gasteiger partial charge in [-0.3, -0.25) is 9.79 Å². The third-order valence-electron chi connectivity index (χ3n) is 7.34. The Morgan fingerprint density at radius 2 is 2.07 bits per heavy atom. The summed E-state index contributed by atoms with van der Waals surface area (Å²) in [5, 5.41) is 2.85. The number of nitrogens with one attached hydrogen (secondary N) is 1. The molecule has 5 unspecified atom stereocenters. The van der Waals surface area contributed by atoms with E-state index in [9.17, 15) is 9.59 Å². The zero-order chi connectivity index (χ0) is 21.3. The molecule has 0 radical (unpaired) electrons. The summed E-state index contributed by atoms with van der Waals surface area (Å²) in [5.74, 6) is 1.46. The Bertz CT molecular complexity index is 728. The van der Waals surface area contributed by atoms with E-state index in [0.29, 0.717) is 31.0 Å². The summed E-state index contributed by atoms with van der Waals surface area (Å²) in [7, 11) is 1.34. The minimum Gasteiger partial charge on any atom is -0.453 e. The number of nitrogens with zero attached hydrogens (tertiary/aromatic N) is 2. The summed E-state index contributed by atoms with van der Waals surface area (Å²) in [4.78, 5) is 32.8. The second kappa shape index (κ2) is 9.08. The summed E-state index contributed by atoms with van der Waals surface area (Å²) in [6.07, 6.45) is 8.39. The van der Waals surface area contributed by atoms with Crippen molar-refractivity contribution in [1.29, 1.82) is 0 Å². The molecule has 30 heavy (non-hydrogen) atoms. The lowest BCUT2D eigenvalue weighted by molar-refractivity contribution is -0.133. The fraction of sp³-hybridized carbons (Fsp3) is 0.783. The molecule has 7 nitrogen and oxygen atoms in total. The number of hydrogen-bond donors (Lipinski definition) is 1. The van der Waals surface area contributed by atoms with Gasteiger partial charge in [0, 0.05) is 37.1 Å². The maximum atomic E-state index is 13.8. The second-order valence-electron chi connectivity index (χ2n) is 9.30. The molecule has 0 aromatic rings. The van der Waals surface area contributed by atoms with Crippen molar-refractivity contribution in [2.45, 2.75) is 70.9 Å². The van der Waals surface area contributed by atoms with Crippen molar-refractivity contribution in [3.8, 4) is 0 Å². The maximum Gasteiger partial charge on any atom is 0.407 e. The van der Waals surface area contributed by atoms with Gasteiger partial charge in [-0.05, 0) is 62.7 Å². The fourth-order valence-electron chi connectivity index (χ4n) is 5.26. The van der Waals surface area contributed by atoms with Gasteiger partial charge in [0.2, 0.25) is 5.91 Å². The highest BCUT2D eigenvalue weighted by Crippen LogP contribution is 2.52. The number of alkyl carbamates (subject to hydrolysis) is 1. The molecule has 1 aliphatic carbocycles. The molecule has 5 atom stereocenters. The molecular formula is C23H35N3O4. The predicted molar refractivity (Wildman–Crippen MR) is 114 cm³/mol. The van der Waals surface area contributed by atoms with Crippen molar-refractivity contribution in [2.75, 3.05) is 20.3 Å². The Hall–Kier alpha value is -1.89. The lowest BCUT2D eigenvalue weighted by Gasteiger charge is -2.34. The van der Waals surface area contributed by atoms with E-state index in [1.165, 1.54) is 7.11 Å². The number of amides is 2. The molecule has 0 aromatic carbocycles. The van der Waals surface area contributed by atoms with Gasteiger partial charge in [0.25, 0.3) is 0 Å². The highest BCUT2D eigenvalue weighted by atomic mass is 16.5. The van der Waals surface area contributed by atoms with Gasteiger partial charge in [-0.1, -0.05) is 13.8 Å². The first-order chi connectivity index (χ1) is 14.5. The van der Waals surface area contributed by atoms with E-state index in [-0.39, 0.29) is 17.9 Å². The highest BCUT2D eigenvalue weighted by Gasteiger charge is 2.54. The predicted octanol–water partition coefficient (Wildman–Crippen LogP) is 3.50. The summed E-state index contributed by atoms with van der Waals surface area (Å²) in [5.41, 5.74) is 2.17. The van der Waals surface area contributed by atoms with Gasteiger partial charge in [0.05, 0.1) is 12.8 Å². The van der Waals surface area contributed by atoms with Crippen LogP contribution in [0.5, 0.6) is 0 Å². The quantitative estimate of drug-likeness (QED) is 0.759. The number of piperidine rings is 1. The summed E-state index contributed by atoms with van der Waals surface area (Å²) in [6, 6.07) is -0.320. The molecule has 3 fully saturated rings. The van der Waals surface area contributed by atoms with Gasteiger partial charge in [0.15, 0.2) is 0 Å². The van der Waals surface area contributed by atoms with Gasteiger partial charge in [-0.15, -0.1) is 0 Å². The number of allylic oxidation sites excluding steroid dienone is 2. The van der Waals surface area contributed by atoms with E-state index >= 15 is 0 Å². The van der Waals surface area contributed by atoms with Crippen molar-refractivity contribution in [2.24, 2.45) is 28.7 Å². The van der Waals surface area contributed by atoms with Crippen molar-refractivity contribution in [1.82, 2.24) is 10.2 Å². The monoisotopic (exact) mass is 417 g/mol. The third-order valence-corrected chi connectivity index (χ3v) is 7.34. The number of methoxy groups -OCH3 is 1. The molecule has 1 saturated carbocycles. The van der Waals surface area contributed by atoms with Crippen LogP contribution in [0.2, 0.25) is 0 Å². The second-order valence-corrected chi connectivity index (χ2v) is 9.30. The number of aliphatic imine (C=N–C) groups is 1. The van der Waals surface area contributed by atoms with Crippen LogP contribution >= 0.6 is 0 Å². The molecule has 4 rings (SSSR count). The molecule has 3 aliphatic heterocycles. The smallest absolute Gasteiger partial charge is 0.407 e. The summed E-state index contributed by atoms with van der Waals surface area (Å²) in [6.45, 7) is 5.68. The van der Waals surface area contributed by atoms with E-state index in [1.807, 2.05) is 4.90 Å². The van der Waals surface area contributed by atoms with Crippen LogP contribution in [0.3, 0.4) is 0 Å². The third kappa shape index (κ3) is 4.27. The number of likely N-dealkylation sites (tertiary alicyclic amines) is 1. The molecule has 3 heterocycles. The van der Waals surface area contributed by atoms with Crippen LogP contribution in [-0.4, -0.2) is 55.5 Å². The van der Waals surface area contributed by atoms with E-state index < -0.39 is 12.1 Å². The Morgan fingerprint density at radius 3 is 2.77 bits per heavy atom. The minimum atomic E-state index is -0.579. The van der Waals surface area contributed by atoms with Crippen LogP contribution in [0, 0.1) is 23.7 Å². The molecule has 2 saturated heterocycles. The average molecular weight is 418 g/mol. The van der Waals surface area contributed by atoms with E-state index in [1.54, 1.807) is 0 Å². The van der Waals surface area contributed by atoms with Crippen LogP contribution in [0.4, 0.5) is 4.79 Å². The number of fused-ring (bicyclic) bond motifs is 1. The average Bonchev–Trinajstić information content (AvgIpc) is 3.48. The van der Waals surface area contributed by atoms with Gasteiger partial charge in [-0.25, -0.2) is 4.79 Å². The van der Waals surface area contributed by atoms with Gasteiger partial charge >= 0.3 is 6.09 Å². The Kier molecular flexibility index (Phi) is 6.46. The van der Waals surface area contributed by atoms with Crippen molar-refractivity contribution in [3.05, 3.63) is 11.4 Å². The zero-order valence-electron chi connectivity index (χ0n) is 18.4. The van der Waals surface area contributed by atoms with Crippen molar-refractivity contribution < 1.29 is 19.1 Å². The largest absolute Gasteiger partial charge is 0.453 e. The van der Waals surface area contributed by atoms with Crippen LogP contribution in [0.15, 0.2) is 16.4 Å². The fourth-order valence-corrected chi connectivity index (χ4v) is 5.26. The van der Waals surface area contributed by atoms with Gasteiger partial charge in [0.1, 0.15) is 6.04 Å². The lowest BCUT2D eigenvalue weighted by Crippen LogP contribution is -2.53. The standard InChI is InChI=1S/C23H35N3O4/c1-4-15-6-5-14(2)20(24-13-15)19-12-17-11-18(17)26(19)22(27)21(25-23(28)29-3)16-7-9-30-10-8-16/h13-18,21H,4-12H2,1-3H3,(H,25,28)/b20-19-. The molecular weight excluding hydrogens is 382 g/mol. The van der Waals surface area contributed by atoms with Gasteiger partial charge in [-0.2, -0.15) is 0 Å². The molecule has 7 heteroatoms. The SMILES string of the molecule is CCC1C=N/C(=C2/CC3CC3N2C(=O)C(NC(=O)OC)C2CCOCC2)C(C)CC1.